The first-order valence-electron chi connectivity index (χ1n) is 5.70. The van der Waals surface area contributed by atoms with E-state index in [2.05, 4.69) is 29.6 Å². The number of thioether (sulfide) groups is 1. The number of rotatable bonds is 3. The van der Waals surface area contributed by atoms with E-state index in [-0.39, 0.29) is 0 Å². The molecule has 3 rings (SSSR count). The Hall–Kier alpha value is -1.45. The van der Waals surface area contributed by atoms with Gasteiger partial charge in [0, 0.05) is 15.3 Å². The highest BCUT2D eigenvalue weighted by Gasteiger charge is 2.05. The van der Waals surface area contributed by atoms with Crippen LogP contribution in [0, 0.1) is 0 Å². The van der Waals surface area contributed by atoms with Crippen molar-refractivity contribution in [2.75, 3.05) is 0 Å². The maximum absolute atomic E-state index is 9.73. The molecule has 1 N–H and O–H groups in total. The van der Waals surface area contributed by atoms with Gasteiger partial charge in [-0.2, -0.15) is 0 Å². The molecular formula is C15H12OS2. The monoisotopic (exact) mass is 272 g/mol. The summed E-state index contributed by atoms with van der Waals surface area (Å²) in [6.07, 6.45) is 0. The van der Waals surface area contributed by atoms with Gasteiger partial charge < -0.3 is 5.11 Å². The maximum Gasteiger partial charge on any atom is 0.129 e. The third-order valence-corrected chi connectivity index (χ3v) is 4.93. The number of phenols is 1. The lowest BCUT2D eigenvalue weighted by molar-refractivity contribution is 0.462. The number of benzene rings is 2. The fourth-order valence-corrected chi connectivity index (χ4v) is 3.89. The second-order valence-corrected chi connectivity index (χ2v) is 5.94. The molecule has 0 radical (unpaired) electrons. The first-order valence-corrected chi connectivity index (χ1v) is 7.57. The Balaban J connectivity index is 1.83. The number of thiophene rings is 1. The standard InChI is InChI=1S/C15H12OS2/c16-13-6-2-4-8-15(13)18-10-11-9-17-14-7-3-1-5-12(11)14/h1-9,16H,10H2. The zero-order valence-corrected chi connectivity index (χ0v) is 11.3. The number of hydrogen-bond donors (Lipinski definition) is 1. The van der Waals surface area contributed by atoms with E-state index in [0.29, 0.717) is 5.75 Å². The van der Waals surface area contributed by atoms with E-state index in [1.165, 1.54) is 15.6 Å². The summed E-state index contributed by atoms with van der Waals surface area (Å²) in [5, 5.41) is 13.3. The average Bonchev–Trinajstić information content (AvgIpc) is 2.81. The molecular weight excluding hydrogens is 260 g/mol. The summed E-state index contributed by atoms with van der Waals surface area (Å²) in [5.41, 5.74) is 1.34. The lowest BCUT2D eigenvalue weighted by Crippen LogP contribution is -1.78. The molecule has 0 fully saturated rings. The van der Waals surface area contributed by atoms with E-state index in [9.17, 15) is 5.11 Å². The van der Waals surface area contributed by atoms with Gasteiger partial charge in [0.2, 0.25) is 0 Å². The van der Waals surface area contributed by atoms with E-state index in [0.717, 1.165) is 10.6 Å². The van der Waals surface area contributed by atoms with E-state index >= 15 is 0 Å². The molecule has 3 heteroatoms. The molecule has 0 bridgehead atoms. The molecule has 0 saturated heterocycles. The van der Waals surface area contributed by atoms with Gasteiger partial charge in [0.1, 0.15) is 5.75 Å². The zero-order valence-electron chi connectivity index (χ0n) is 9.67. The molecule has 18 heavy (non-hydrogen) atoms. The maximum atomic E-state index is 9.73. The van der Waals surface area contributed by atoms with Crippen LogP contribution in [0.2, 0.25) is 0 Å². The van der Waals surface area contributed by atoms with Crippen LogP contribution in [0.4, 0.5) is 0 Å². The molecule has 1 heterocycles. The summed E-state index contributed by atoms with van der Waals surface area (Å²) in [6, 6.07) is 15.9. The quantitative estimate of drug-likeness (QED) is 0.684. The van der Waals surface area contributed by atoms with E-state index in [1.54, 1.807) is 29.2 Å². The molecule has 0 amide bonds. The van der Waals surface area contributed by atoms with Crippen LogP contribution in [0.3, 0.4) is 0 Å². The van der Waals surface area contributed by atoms with Crippen molar-refractivity contribution in [3.8, 4) is 5.75 Å². The molecule has 0 spiro atoms. The summed E-state index contributed by atoms with van der Waals surface area (Å²) >= 11 is 3.45. The largest absolute Gasteiger partial charge is 0.507 e. The predicted molar refractivity (Wildman–Crippen MR) is 79.5 cm³/mol. The topological polar surface area (TPSA) is 20.2 Å². The predicted octanol–water partition coefficient (Wildman–Crippen LogP) is 4.90. The molecule has 0 saturated carbocycles. The highest BCUT2D eigenvalue weighted by molar-refractivity contribution is 7.98. The Labute approximate surface area is 114 Å². The highest BCUT2D eigenvalue weighted by Crippen LogP contribution is 2.34. The molecule has 90 valence electrons. The normalized spacial score (nSPS) is 10.9. The Morgan fingerprint density at radius 1 is 1.00 bits per heavy atom. The van der Waals surface area contributed by atoms with Gasteiger partial charge in [0.15, 0.2) is 0 Å². The first-order chi connectivity index (χ1) is 8.84. The van der Waals surface area contributed by atoms with Gasteiger partial charge in [0.05, 0.1) is 0 Å². The minimum Gasteiger partial charge on any atom is -0.507 e. The number of hydrogen-bond acceptors (Lipinski definition) is 3. The average molecular weight is 272 g/mol. The number of aromatic hydroxyl groups is 1. The van der Waals surface area contributed by atoms with Crippen LogP contribution in [0.15, 0.2) is 58.8 Å². The van der Waals surface area contributed by atoms with Crippen LogP contribution in [0.5, 0.6) is 5.75 Å². The van der Waals surface area contributed by atoms with Gasteiger partial charge in [-0.15, -0.1) is 23.1 Å². The van der Waals surface area contributed by atoms with Gasteiger partial charge in [-0.05, 0) is 34.5 Å². The van der Waals surface area contributed by atoms with E-state index in [1.807, 2.05) is 18.2 Å². The third-order valence-electron chi connectivity index (χ3n) is 2.81. The van der Waals surface area contributed by atoms with Crippen LogP contribution in [0.25, 0.3) is 10.1 Å². The van der Waals surface area contributed by atoms with Gasteiger partial charge >= 0.3 is 0 Å². The molecule has 2 aromatic carbocycles. The van der Waals surface area contributed by atoms with Crippen LogP contribution in [0.1, 0.15) is 5.56 Å². The second kappa shape index (κ2) is 5.04. The van der Waals surface area contributed by atoms with Crippen molar-refractivity contribution in [1.82, 2.24) is 0 Å². The number of para-hydroxylation sites is 1. The van der Waals surface area contributed by atoms with Crippen molar-refractivity contribution >= 4 is 33.2 Å². The van der Waals surface area contributed by atoms with Crippen molar-refractivity contribution in [2.45, 2.75) is 10.6 Å². The number of fused-ring (bicyclic) bond motifs is 1. The molecule has 3 aromatic rings. The van der Waals surface area contributed by atoms with Gasteiger partial charge in [-0.25, -0.2) is 0 Å². The lowest BCUT2D eigenvalue weighted by atomic mass is 10.2. The van der Waals surface area contributed by atoms with Crippen LogP contribution >= 0.6 is 23.1 Å². The van der Waals surface area contributed by atoms with Crippen molar-refractivity contribution in [2.24, 2.45) is 0 Å². The molecule has 0 aliphatic heterocycles. The van der Waals surface area contributed by atoms with E-state index < -0.39 is 0 Å². The fraction of sp³-hybridized carbons (Fsp3) is 0.0667. The Bertz CT molecular complexity index is 673. The highest BCUT2D eigenvalue weighted by atomic mass is 32.2. The smallest absolute Gasteiger partial charge is 0.129 e. The fourth-order valence-electron chi connectivity index (χ4n) is 1.88. The van der Waals surface area contributed by atoms with Gasteiger partial charge in [-0.3, -0.25) is 0 Å². The van der Waals surface area contributed by atoms with Crippen LogP contribution in [-0.4, -0.2) is 5.11 Å². The summed E-state index contributed by atoms with van der Waals surface area (Å²) in [4.78, 5) is 0.938. The SMILES string of the molecule is Oc1ccccc1SCc1csc2ccccc12. The summed E-state index contributed by atoms with van der Waals surface area (Å²) in [7, 11) is 0. The Kier molecular flexibility index (Phi) is 3.26. The van der Waals surface area contributed by atoms with Crippen molar-refractivity contribution < 1.29 is 5.11 Å². The molecule has 0 aliphatic rings. The molecule has 0 unspecified atom stereocenters. The van der Waals surface area contributed by atoms with Crippen molar-refractivity contribution in [3.05, 3.63) is 59.5 Å². The summed E-state index contributed by atoms with van der Waals surface area (Å²) in [6.45, 7) is 0. The second-order valence-electron chi connectivity index (χ2n) is 4.01. The molecule has 1 nitrogen and oxygen atoms in total. The van der Waals surface area contributed by atoms with E-state index in [4.69, 9.17) is 0 Å². The minimum absolute atomic E-state index is 0.363. The van der Waals surface area contributed by atoms with Gasteiger partial charge in [-0.1, -0.05) is 30.3 Å². The Morgan fingerprint density at radius 2 is 1.78 bits per heavy atom. The Morgan fingerprint density at radius 3 is 2.67 bits per heavy atom. The van der Waals surface area contributed by atoms with Crippen LogP contribution < -0.4 is 0 Å². The first kappa shape index (κ1) is 11.6. The van der Waals surface area contributed by atoms with Crippen LogP contribution in [-0.2, 0) is 5.75 Å². The summed E-state index contributed by atoms with van der Waals surface area (Å²) in [5.74, 6) is 1.25. The van der Waals surface area contributed by atoms with Crippen molar-refractivity contribution in [1.29, 1.82) is 0 Å². The van der Waals surface area contributed by atoms with Crippen molar-refractivity contribution in [3.63, 3.8) is 0 Å². The van der Waals surface area contributed by atoms with Gasteiger partial charge in [0.25, 0.3) is 0 Å². The third kappa shape index (κ3) is 2.24. The molecule has 1 aromatic heterocycles. The zero-order chi connectivity index (χ0) is 12.4. The number of phenolic OH excluding ortho intramolecular Hbond substituents is 1. The molecule has 0 atom stereocenters. The minimum atomic E-state index is 0.363. The summed E-state index contributed by atoms with van der Waals surface area (Å²) < 4.78 is 1.32. The molecule has 0 aliphatic carbocycles. The lowest BCUT2D eigenvalue weighted by Gasteiger charge is -2.03.